The Kier molecular flexibility index (Phi) is 2.72. The van der Waals surface area contributed by atoms with Gasteiger partial charge in [0.15, 0.2) is 5.82 Å². The monoisotopic (exact) mass is 274 g/mol. The van der Waals surface area contributed by atoms with E-state index in [1.807, 2.05) is 11.3 Å². The molecular weight excluding hydrogens is 264 g/mol. The molecule has 3 aromatic rings. The fourth-order valence-corrected chi connectivity index (χ4v) is 1.96. The molecule has 19 heavy (non-hydrogen) atoms. The topological polar surface area (TPSA) is 81.1 Å². The number of rotatable bonds is 2. The van der Waals surface area contributed by atoms with Gasteiger partial charge < -0.3 is 11.1 Å². The number of benzene rings is 1. The van der Waals surface area contributed by atoms with E-state index in [0.717, 1.165) is 5.82 Å². The van der Waals surface area contributed by atoms with Crippen molar-refractivity contribution in [1.82, 2.24) is 19.6 Å². The summed E-state index contributed by atoms with van der Waals surface area (Å²) in [6.45, 7) is 1.87. The number of halogens is 1. The molecule has 96 valence electrons. The summed E-state index contributed by atoms with van der Waals surface area (Å²) >= 11 is 6.11. The van der Waals surface area contributed by atoms with Crippen molar-refractivity contribution in [1.29, 1.82) is 0 Å². The van der Waals surface area contributed by atoms with Crippen LogP contribution in [-0.2, 0) is 0 Å². The first-order valence-electron chi connectivity index (χ1n) is 5.63. The minimum absolute atomic E-state index is 0.564. The first-order chi connectivity index (χ1) is 9.15. The van der Waals surface area contributed by atoms with Crippen LogP contribution in [0, 0.1) is 6.92 Å². The molecule has 0 bridgehead atoms. The molecule has 3 rings (SSSR count). The highest BCUT2D eigenvalue weighted by Crippen LogP contribution is 2.27. The molecule has 0 spiro atoms. The van der Waals surface area contributed by atoms with Crippen molar-refractivity contribution < 1.29 is 0 Å². The van der Waals surface area contributed by atoms with Gasteiger partial charge in [-0.15, -0.1) is 10.2 Å². The Morgan fingerprint density at radius 1 is 1.32 bits per heavy atom. The summed E-state index contributed by atoms with van der Waals surface area (Å²) in [4.78, 5) is 4.25. The lowest BCUT2D eigenvalue weighted by molar-refractivity contribution is 1.00. The zero-order valence-corrected chi connectivity index (χ0v) is 10.9. The highest BCUT2D eigenvalue weighted by atomic mass is 35.5. The van der Waals surface area contributed by atoms with Crippen molar-refractivity contribution >= 4 is 34.4 Å². The van der Waals surface area contributed by atoms with Crippen molar-refractivity contribution in [3.05, 3.63) is 41.4 Å². The Morgan fingerprint density at radius 2 is 2.16 bits per heavy atom. The third-order valence-corrected chi connectivity index (χ3v) is 3.07. The van der Waals surface area contributed by atoms with Crippen LogP contribution in [0.2, 0.25) is 5.02 Å². The van der Waals surface area contributed by atoms with Gasteiger partial charge in [0.2, 0.25) is 5.65 Å². The molecule has 3 N–H and O–H groups in total. The number of anilines is 3. The van der Waals surface area contributed by atoms with Crippen molar-refractivity contribution in [2.24, 2.45) is 0 Å². The number of aromatic nitrogens is 4. The largest absolute Gasteiger partial charge is 0.399 e. The van der Waals surface area contributed by atoms with E-state index in [1.165, 1.54) is 0 Å². The lowest BCUT2D eigenvalue weighted by atomic mass is 10.3. The maximum Gasteiger partial charge on any atom is 0.204 e. The molecule has 0 saturated heterocycles. The van der Waals surface area contributed by atoms with Crippen LogP contribution in [0.4, 0.5) is 17.2 Å². The van der Waals surface area contributed by atoms with Crippen molar-refractivity contribution in [2.75, 3.05) is 11.1 Å². The van der Waals surface area contributed by atoms with Crippen molar-refractivity contribution in [3.63, 3.8) is 0 Å². The first kappa shape index (κ1) is 11.7. The second kappa shape index (κ2) is 4.40. The number of nitrogens with zero attached hydrogens (tertiary/aromatic N) is 4. The number of nitrogen functional groups attached to an aromatic ring is 1. The average molecular weight is 275 g/mol. The molecule has 0 radical (unpaired) electrons. The Labute approximate surface area is 114 Å². The van der Waals surface area contributed by atoms with Crippen LogP contribution in [0.5, 0.6) is 0 Å². The number of hydrogen-bond acceptors (Lipinski definition) is 5. The third-order valence-electron chi connectivity index (χ3n) is 2.74. The number of hydrogen-bond donors (Lipinski definition) is 2. The van der Waals surface area contributed by atoms with Gasteiger partial charge in [-0.3, -0.25) is 4.40 Å². The van der Waals surface area contributed by atoms with Crippen molar-refractivity contribution in [3.8, 4) is 0 Å². The predicted molar refractivity (Wildman–Crippen MR) is 74.7 cm³/mol. The number of aryl methyl sites for hydroxylation is 1. The minimum atomic E-state index is 0.564. The maximum atomic E-state index is 6.11. The van der Waals surface area contributed by atoms with Gasteiger partial charge in [0.25, 0.3) is 0 Å². The Morgan fingerprint density at radius 3 is 3.00 bits per heavy atom. The van der Waals surface area contributed by atoms with Crippen LogP contribution in [0.25, 0.3) is 5.65 Å². The molecule has 0 saturated carbocycles. The number of nitrogens with one attached hydrogen (secondary N) is 1. The van der Waals surface area contributed by atoms with Gasteiger partial charge in [-0.1, -0.05) is 11.6 Å². The molecule has 0 aliphatic rings. The predicted octanol–water partition coefficient (Wildman–Crippen LogP) is 2.41. The number of fused-ring (bicyclic) bond motifs is 1. The molecule has 0 aliphatic carbocycles. The molecule has 7 heteroatoms. The van der Waals surface area contributed by atoms with E-state index >= 15 is 0 Å². The molecule has 6 nitrogen and oxygen atoms in total. The molecule has 1 aromatic carbocycles. The van der Waals surface area contributed by atoms with Crippen molar-refractivity contribution in [2.45, 2.75) is 6.92 Å². The Bertz CT molecular complexity index is 751. The Hall–Kier alpha value is -2.34. The van der Waals surface area contributed by atoms with Gasteiger partial charge in [0.05, 0.1) is 10.7 Å². The van der Waals surface area contributed by atoms with Crippen LogP contribution < -0.4 is 11.1 Å². The lowest BCUT2D eigenvalue weighted by Crippen LogP contribution is -1.99. The molecule has 0 amide bonds. The first-order valence-corrected chi connectivity index (χ1v) is 6.01. The Balaban J connectivity index is 2.08. The van der Waals surface area contributed by atoms with Gasteiger partial charge >= 0.3 is 0 Å². The zero-order valence-electron chi connectivity index (χ0n) is 10.1. The summed E-state index contributed by atoms with van der Waals surface area (Å²) in [5, 5.41) is 11.8. The highest BCUT2D eigenvalue weighted by Gasteiger charge is 2.09. The van der Waals surface area contributed by atoms with Gasteiger partial charge in [-0.05, 0) is 25.1 Å². The van der Waals surface area contributed by atoms with E-state index < -0.39 is 0 Å². The van der Waals surface area contributed by atoms with Gasteiger partial charge in [-0.2, -0.15) is 0 Å². The fraction of sp³-hybridized carbons (Fsp3) is 0.0833. The summed E-state index contributed by atoms with van der Waals surface area (Å²) in [7, 11) is 0. The summed E-state index contributed by atoms with van der Waals surface area (Å²) in [5.41, 5.74) is 7.69. The lowest BCUT2D eigenvalue weighted by Gasteiger charge is -2.08. The van der Waals surface area contributed by atoms with Crippen LogP contribution >= 0.6 is 11.6 Å². The van der Waals surface area contributed by atoms with Gasteiger partial charge in [0, 0.05) is 18.1 Å². The average Bonchev–Trinajstić information content (AvgIpc) is 2.77. The molecule has 0 aliphatic heterocycles. The quantitative estimate of drug-likeness (QED) is 0.702. The van der Waals surface area contributed by atoms with E-state index in [9.17, 15) is 0 Å². The fourth-order valence-electron chi connectivity index (χ4n) is 1.80. The summed E-state index contributed by atoms with van der Waals surface area (Å²) in [6.07, 6.45) is 3.47. The molecular formula is C12H11ClN6. The van der Waals surface area contributed by atoms with E-state index in [2.05, 4.69) is 20.5 Å². The summed E-state index contributed by atoms with van der Waals surface area (Å²) in [5.74, 6) is 1.37. The summed E-state index contributed by atoms with van der Waals surface area (Å²) in [6, 6.07) is 5.22. The van der Waals surface area contributed by atoms with Crippen LogP contribution in [0.3, 0.4) is 0 Å². The molecule has 0 atom stereocenters. The van der Waals surface area contributed by atoms with Crippen LogP contribution in [0.15, 0.2) is 30.6 Å². The second-order valence-corrected chi connectivity index (χ2v) is 4.49. The molecule has 0 fully saturated rings. The smallest absolute Gasteiger partial charge is 0.204 e. The highest BCUT2D eigenvalue weighted by molar-refractivity contribution is 6.33. The minimum Gasteiger partial charge on any atom is -0.399 e. The normalized spacial score (nSPS) is 10.8. The SMILES string of the molecule is Cc1nnc2c(Nc3cc(N)ccc3Cl)nccn12. The van der Waals surface area contributed by atoms with E-state index in [0.29, 0.717) is 27.9 Å². The standard InChI is InChI=1S/C12H11ClN6/c1-7-17-18-12-11(15-4-5-19(7)12)16-10-6-8(14)2-3-9(10)13/h2-6H,14H2,1H3,(H,15,16). The van der Waals surface area contributed by atoms with Crippen LogP contribution in [-0.4, -0.2) is 19.6 Å². The summed E-state index contributed by atoms with van der Waals surface area (Å²) < 4.78 is 1.84. The van der Waals surface area contributed by atoms with Crippen LogP contribution in [0.1, 0.15) is 5.82 Å². The second-order valence-electron chi connectivity index (χ2n) is 4.08. The third kappa shape index (κ3) is 2.06. The van der Waals surface area contributed by atoms with E-state index in [1.54, 1.807) is 30.6 Å². The molecule has 0 unspecified atom stereocenters. The number of nitrogens with two attached hydrogens (primary N) is 1. The maximum absolute atomic E-state index is 6.11. The van der Waals surface area contributed by atoms with Gasteiger partial charge in [0.1, 0.15) is 5.82 Å². The van der Waals surface area contributed by atoms with E-state index in [-0.39, 0.29) is 0 Å². The zero-order chi connectivity index (χ0) is 13.4. The molecule has 2 aromatic heterocycles. The van der Waals surface area contributed by atoms with Gasteiger partial charge in [-0.25, -0.2) is 4.98 Å². The molecule has 2 heterocycles. The van der Waals surface area contributed by atoms with E-state index in [4.69, 9.17) is 17.3 Å².